The van der Waals surface area contributed by atoms with Gasteiger partial charge in [-0.25, -0.2) is 4.98 Å². The van der Waals surface area contributed by atoms with Gasteiger partial charge in [0.15, 0.2) is 0 Å². The average Bonchev–Trinajstić information content (AvgIpc) is 3.16. The minimum Gasteiger partial charge on any atom is -0.351 e. The summed E-state index contributed by atoms with van der Waals surface area (Å²) < 4.78 is 1.15. The maximum atomic E-state index is 12.6. The van der Waals surface area contributed by atoms with E-state index < -0.39 is 0 Å². The third-order valence-electron chi connectivity index (χ3n) is 3.82. The number of nitrogens with zero attached hydrogens (tertiary/aromatic N) is 2. The van der Waals surface area contributed by atoms with E-state index in [-0.39, 0.29) is 5.91 Å². The van der Waals surface area contributed by atoms with Crippen LogP contribution in [0.3, 0.4) is 0 Å². The second-order valence-corrected chi connectivity index (χ2v) is 6.62. The number of aromatic nitrogens is 2. The van der Waals surface area contributed by atoms with Gasteiger partial charge in [0.25, 0.3) is 5.91 Å². The number of para-hydroxylation sites is 2. The van der Waals surface area contributed by atoms with Crippen LogP contribution in [0.1, 0.15) is 15.5 Å². The van der Waals surface area contributed by atoms with Crippen molar-refractivity contribution in [3.05, 3.63) is 65.3 Å². The Morgan fingerprint density at radius 1 is 1.17 bits per heavy atom. The number of carbonyl (C=O) groups is 1. The molecule has 2 aromatic heterocycles. The molecule has 0 saturated carbocycles. The van der Waals surface area contributed by atoms with E-state index in [1.807, 2.05) is 48.5 Å². The van der Waals surface area contributed by atoms with Gasteiger partial charge in [-0.2, -0.15) is 0 Å². The largest absolute Gasteiger partial charge is 0.351 e. The van der Waals surface area contributed by atoms with Gasteiger partial charge in [-0.15, -0.1) is 11.3 Å². The predicted octanol–water partition coefficient (Wildman–Crippen LogP) is 4.05. The number of benzene rings is 2. The van der Waals surface area contributed by atoms with Crippen LogP contribution in [0.2, 0.25) is 0 Å². The van der Waals surface area contributed by atoms with E-state index in [0.29, 0.717) is 12.2 Å². The van der Waals surface area contributed by atoms with Crippen molar-refractivity contribution in [3.8, 4) is 0 Å². The minimum atomic E-state index is -0.0274. The van der Waals surface area contributed by atoms with Gasteiger partial charge in [-0.05, 0) is 24.3 Å². The highest BCUT2D eigenvalue weighted by atomic mass is 32.1. The van der Waals surface area contributed by atoms with E-state index in [2.05, 4.69) is 16.0 Å². The second-order valence-electron chi connectivity index (χ2n) is 5.51. The third-order valence-corrected chi connectivity index (χ3v) is 4.84. The standard InChI is InChI=1S/C18H15N3OS/c1-21(11-17-20-14-8-4-5-9-16(14)23-17)18(22)15-10-12-6-2-3-7-13(12)19-15/h2-10,19H,11H2,1H3. The Bertz CT molecular complexity index is 936. The molecule has 23 heavy (non-hydrogen) atoms. The molecule has 2 aromatic carbocycles. The van der Waals surface area contributed by atoms with Crippen molar-refractivity contribution in [1.82, 2.24) is 14.9 Å². The SMILES string of the molecule is CN(Cc1nc2ccccc2s1)C(=O)c1cc2ccccc2[nH]1. The van der Waals surface area contributed by atoms with E-state index in [1.54, 1.807) is 23.3 Å². The smallest absolute Gasteiger partial charge is 0.270 e. The van der Waals surface area contributed by atoms with E-state index in [1.165, 1.54) is 0 Å². The molecule has 0 radical (unpaired) electrons. The lowest BCUT2D eigenvalue weighted by Gasteiger charge is -2.14. The topological polar surface area (TPSA) is 49.0 Å². The number of rotatable bonds is 3. The number of hydrogen-bond donors (Lipinski definition) is 1. The summed E-state index contributed by atoms with van der Waals surface area (Å²) in [6, 6.07) is 17.8. The fourth-order valence-electron chi connectivity index (χ4n) is 2.66. The molecule has 4 nitrogen and oxygen atoms in total. The van der Waals surface area contributed by atoms with Gasteiger partial charge in [0.05, 0.1) is 16.8 Å². The molecule has 0 aliphatic carbocycles. The first-order valence-electron chi connectivity index (χ1n) is 7.38. The lowest BCUT2D eigenvalue weighted by atomic mass is 10.2. The molecule has 4 aromatic rings. The zero-order chi connectivity index (χ0) is 15.8. The van der Waals surface area contributed by atoms with Gasteiger partial charge in [0.2, 0.25) is 0 Å². The molecule has 0 aliphatic heterocycles. The number of H-pyrrole nitrogens is 1. The van der Waals surface area contributed by atoms with Crippen LogP contribution in [0, 0.1) is 0 Å². The summed E-state index contributed by atoms with van der Waals surface area (Å²) >= 11 is 1.63. The first-order chi connectivity index (χ1) is 11.2. The van der Waals surface area contributed by atoms with Crippen LogP contribution in [0.5, 0.6) is 0 Å². The summed E-state index contributed by atoms with van der Waals surface area (Å²) in [4.78, 5) is 22.1. The van der Waals surface area contributed by atoms with Crippen LogP contribution in [0.15, 0.2) is 54.6 Å². The molecule has 0 aliphatic rings. The van der Waals surface area contributed by atoms with Gasteiger partial charge in [-0.3, -0.25) is 4.79 Å². The molecule has 0 saturated heterocycles. The number of aromatic amines is 1. The predicted molar refractivity (Wildman–Crippen MR) is 93.7 cm³/mol. The van der Waals surface area contributed by atoms with E-state index in [0.717, 1.165) is 26.1 Å². The molecule has 114 valence electrons. The minimum absolute atomic E-state index is 0.0274. The monoisotopic (exact) mass is 321 g/mol. The van der Waals surface area contributed by atoms with Crippen LogP contribution in [0.4, 0.5) is 0 Å². The van der Waals surface area contributed by atoms with Crippen molar-refractivity contribution in [3.63, 3.8) is 0 Å². The summed E-state index contributed by atoms with van der Waals surface area (Å²) in [5.74, 6) is -0.0274. The van der Waals surface area contributed by atoms with Crippen LogP contribution >= 0.6 is 11.3 Å². The van der Waals surface area contributed by atoms with Gasteiger partial charge in [0, 0.05) is 18.0 Å². The molecule has 1 N–H and O–H groups in total. The Morgan fingerprint density at radius 3 is 2.78 bits per heavy atom. The third kappa shape index (κ3) is 2.59. The van der Waals surface area contributed by atoms with Crippen molar-refractivity contribution in [2.45, 2.75) is 6.54 Å². The van der Waals surface area contributed by atoms with Crippen LogP contribution in [-0.4, -0.2) is 27.8 Å². The highest BCUT2D eigenvalue weighted by Crippen LogP contribution is 2.23. The summed E-state index contributed by atoms with van der Waals surface area (Å²) in [7, 11) is 1.81. The Morgan fingerprint density at radius 2 is 1.96 bits per heavy atom. The van der Waals surface area contributed by atoms with E-state index in [9.17, 15) is 4.79 Å². The number of fused-ring (bicyclic) bond motifs is 2. The van der Waals surface area contributed by atoms with Crippen LogP contribution in [-0.2, 0) is 6.54 Å². The molecular formula is C18H15N3OS. The van der Waals surface area contributed by atoms with Crippen molar-refractivity contribution >= 4 is 38.4 Å². The van der Waals surface area contributed by atoms with Crippen molar-refractivity contribution in [2.24, 2.45) is 0 Å². The number of nitrogens with one attached hydrogen (secondary N) is 1. The Kier molecular flexibility index (Phi) is 3.35. The van der Waals surface area contributed by atoms with Gasteiger partial charge >= 0.3 is 0 Å². The van der Waals surface area contributed by atoms with Gasteiger partial charge < -0.3 is 9.88 Å². The van der Waals surface area contributed by atoms with E-state index in [4.69, 9.17) is 0 Å². The molecule has 5 heteroatoms. The molecular weight excluding hydrogens is 306 g/mol. The van der Waals surface area contributed by atoms with Gasteiger partial charge in [0.1, 0.15) is 10.7 Å². The molecule has 0 bridgehead atoms. The highest BCUT2D eigenvalue weighted by molar-refractivity contribution is 7.18. The highest BCUT2D eigenvalue weighted by Gasteiger charge is 2.16. The molecule has 2 heterocycles. The zero-order valence-electron chi connectivity index (χ0n) is 12.6. The van der Waals surface area contributed by atoms with Gasteiger partial charge in [-0.1, -0.05) is 30.3 Å². The van der Waals surface area contributed by atoms with Crippen molar-refractivity contribution in [1.29, 1.82) is 0 Å². The quantitative estimate of drug-likeness (QED) is 0.619. The van der Waals surface area contributed by atoms with Crippen LogP contribution in [0.25, 0.3) is 21.1 Å². The maximum absolute atomic E-state index is 12.6. The molecule has 4 rings (SSSR count). The Balaban J connectivity index is 1.57. The number of thiazole rings is 1. The second kappa shape index (κ2) is 5.52. The van der Waals surface area contributed by atoms with E-state index >= 15 is 0 Å². The Labute approximate surface area is 137 Å². The average molecular weight is 321 g/mol. The van der Waals surface area contributed by atoms with Crippen LogP contribution < -0.4 is 0 Å². The normalized spacial score (nSPS) is 11.2. The number of carbonyl (C=O) groups excluding carboxylic acids is 1. The molecule has 0 spiro atoms. The first kappa shape index (κ1) is 14.0. The molecule has 0 unspecified atom stereocenters. The summed E-state index contributed by atoms with van der Waals surface area (Å²) in [5, 5.41) is 1.99. The first-order valence-corrected chi connectivity index (χ1v) is 8.20. The van der Waals surface area contributed by atoms with Crippen molar-refractivity contribution < 1.29 is 4.79 Å². The summed E-state index contributed by atoms with van der Waals surface area (Å²) in [6.45, 7) is 0.507. The number of amides is 1. The Hall–Kier alpha value is -2.66. The fourth-order valence-corrected chi connectivity index (χ4v) is 3.68. The lowest BCUT2D eigenvalue weighted by Crippen LogP contribution is -2.26. The summed E-state index contributed by atoms with van der Waals surface area (Å²) in [5.41, 5.74) is 2.57. The number of hydrogen-bond acceptors (Lipinski definition) is 3. The fraction of sp³-hybridized carbons (Fsp3) is 0.111. The maximum Gasteiger partial charge on any atom is 0.270 e. The molecule has 0 atom stereocenters. The summed E-state index contributed by atoms with van der Waals surface area (Å²) in [6.07, 6.45) is 0. The van der Waals surface area contributed by atoms with Crippen molar-refractivity contribution in [2.75, 3.05) is 7.05 Å². The molecule has 1 amide bonds. The lowest BCUT2D eigenvalue weighted by molar-refractivity contribution is 0.0780. The molecule has 0 fully saturated rings. The zero-order valence-corrected chi connectivity index (χ0v) is 13.4.